The molecule has 0 saturated heterocycles. The molecular weight excluding hydrogens is 348 g/mol. The molecule has 0 saturated carbocycles. The number of aromatic carboxylic acids is 1. The molecular formula is C17H19ClN2O5. The molecule has 0 unspecified atom stereocenters. The highest BCUT2D eigenvalue weighted by molar-refractivity contribution is 6.33. The van der Waals surface area contributed by atoms with Gasteiger partial charge in [-0.3, -0.25) is 10.1 Å². The van der Waals surface area contributed by atoms with Gasteiger partial charge in [0.05, 0.1) is 22.2 Å². The van der Waals surface area contributed by atoms with Gasteiger partial charge in [0.15, 0.2) is 0 Å². The van der Waals surface area contributed by atoms with Gasteiger partial charge in [0.25, 0.3) is 5.69 Å². The molecule has 0 aliphatic carbocycles. The molecule has 25 heavy (non-hydrogen) atoms. The number of nitrogens with two attached hydrogens (primary N) is 1. The fraction of sp³-hybridized carbons (Fsp3) is 0.235. The zero-order chi connectivity index (χ0) is 19.4. The maximum absolute atomic E-state index is 10.6. The highest BCUT2D eigenvalue weighted by atomic mass is 35.5. The third-order valence-corrected chi connectivity index (χ3v) is 3.59. The van der Waals surface area contributed by atoms with Crippen LogP contribution in [0, 0.1) is 10.1 Å². The average Bonchev–Trinajstić information content (AvgIpc) is 2.50. The first kappa shape index (κ1) is 20.2. The summed E-state index contributed by atoms with van der Waals surface area (Å²) in [5, 5.41) is 27.8. The summed E-state index contributed by atoms with van der Waals surface area (Å²) in [5.74, 6) is -1.22. The van der Waals surface area contributed by atoms with E-state index in [-0.39, 0.29) is 27.6 Å². The van der Waals surface area contributed by atoms with Gasteiger partial charge in [0.1, 0.15) is 10.8 Å². The second-order valence-corrected chi connectivity index (χ2v) is 6.66. The molecule has 0 aromatic heterocycles. The van der Waals surface area contributed by atoms with Crippen molar-refractivity contribution in [2.24, 2.45) is 0 Å². The summed E-state index contributed by atoms with van der Waals surface area (Å²) in [7, 11) is 0. The minimum atomic E-state index is -0.875. The Morgan fingerprint density at radius 1 is 1.20 bits per heavy atom. The van der Waals surface area contributed by atoms with Crippen molar-refractivity contribution in [3.8, 4) is 5.75 Å². The summed E-state index contributed by atoms with van der Waals surface area (Å²) < 4.78 is 0. The van der Waals surface area contributed by atoms with Gasteiger partial charge in [-0.1, -0.05) is 44.5 Å². The maximum Gasteiger partial charge on any atom is 0.335 e. The van der Waals surface area contributed by atoms with Crippen LogP contribution in [0.4, 0.5) is 11.4 Å². The number of phenols is 1. The van der Waals surface area contributed by atoms with Crippen molar-refractivity contribution >= 4 is 28.9 Å². The van der Waals surface area contributed by atoms with E-state index < -0.39 is 10.9 Å². The number of phenolic OH excluding ortho intramolecular Hbond substituents is 1. The number of halogens is 1. The molecule has 7 nitrogen and oxygen atoms in total. The van der Waals surface area contributed by atoms with Crippen molar-refractivity contribution in [3.05, 3.63) is 62.7 Å². The topological polar surface area (TPSA) is 127 Å². The third kappa shape index (κ3) is 5.65. The number of hydrogen-bond acceptors (Lipinski definition) is 5. The molecule has 0 amide bonds. The van der Waals surface area contributed by atoms with Crippen molar-refractivity contribution in [1.82, 2.24) is 0 Å². The van der Waals surface area contributed by atoms with E-state index >= 15 is 0 Å². The number of nitro benzene ring substituents is 1. The van der Waals surface area contributed by atoms with E-state index in [1.54, 1.807) is 12.1 Å². The minimum absolute atomic E-state index is 0.0191. The van der Waals surface area contributed by atoms with Gasteiger partial charge in [0.2, 0.25) is 0 Å². The Labute approximate surface area is 149 Å². The zero-order valence-electron chi connectivity index (χ0n) is 14.0. The van der Waals surface area contributed by atoms with Crippen LogP contribution < -0.4 is 5.73 Å². The smallest absolute Gasteiger partial charge is 0.335 e. The van der Waals surface area contributed by atoms with Crippen molar-refractivity contribution in [2.75, 3.05) is 5.73 Å². The van der Waals surface area contributed by atoms with E-state index in [1.165, 1.54) is 0 Å². The molecule has 134 valence electrons. The molecule has 2 rings (SSSR count). The molecule has 4 N–H and O–H groups in total. The number of nitrogen functional groups attached to an aromatic ring is 1. The van der Waals surface area contributed by atoms with Gasteiger partial charge in [-0.2, -0.15) is 0 Å². The van der Waals surface area contributed by atoms with Crippen LogP contribution in [0.15, 0.2) is 36.4 Å². The molecule has 0 radical (unpaired) electrons. The van der Waals surface area contributed by atoms with Crippen molar-refractivity contribution in [1.29, 1.82) is 0 Å². The van der Waals surface area contributed by atoms with Crippen molar-refractivity contribution in [3.63, 3.8) is 0 Å². The summed E-state index contributed by atoms with van der Waals surface area (Å²) in [5.41, 5.74) is 6.47. The number of nitrogens with zero attached hydrogens (tertiary/aromatic N) is 1. The first-order valence-electron chi connectivity index (χ1n) is 7.19. The molecule has 0 aliphatic rings. The van der Waals surface area contributed by atoms with Gasteiger partial charge in [-0.05, 0) is 29.2 Å². The molecule has 0 bridgehead atoms. The van der Waals surface area contributed by atoms with Crippen LogP contribution in [0.2, 0.25) is 5.02 Å². The molecule has 0 fully saturated rings. The second kappa shape index (κ2) is 7.85. The third-order valence-electron chi connectivity index (χ3n) is 3.29. The number of carboxylic acids is 1. The van der Waals surface area contributed by atoms with Gasteiger partial charge >= 0.3 is 5.97 Å². The lowest BCUT2D eigenvalue weighted by Gasteiger charge is -2.18. The first-order valence-corrected chi connectivity index (χ1v) is 7.57. The second-order valence-electron chi connectivity index (χ2n) is 6.25. The summed E-state index contributed by atoms with van der Waals surface area (Å²) in [6.45, 7) is 6.30. The first-order chi connectivity index (χ1) is 11.4. The Morgan fingerprint density at radius 3 is 2.12 bits per heavy atom. The van der Waals surface area contributed by atoms with Crippen LogP contribution >= 0.6 is 11.6 Å². The summed E-state index contributed by atoms with van der Waals surface area (Å²) in [6.07, 6.45) is 0. The average molecular weight is 367 g/mol. The number of nitro groups is 1. The lowest BCUT2D eigenvalue weighted by atomic mass is 9.87. The van der Waals surface area contributed by atoms with Crippen molar-refractivity contribution in [2.45, 2.75) is 26.2 Å². The number of aromatic hydroxyl groups is 1. The summed E-state index contributed by atoms with van der Waals surface area (Å²) >= 11 is 5.46. The van der Waals surface area contributed by atoms with E-state index in [0.29, 0.717) is 5.56 Å². The lowest BCUT2D eigenvalue weighted by Crippen LogP contribution is -2.11. The van der Waals surface area contributed by atoms with Gasteiger partial charge in [-0.25, -0.2) is 4.79 Å². The highest BCUT2D eigenvalue weighted by Gasteiger charge is 2.15. The minimum Gasteiger partial charge on any atom is -0.506 e. The normalized spacial score (nSPS) is 10.6. The van der Waals surface area contributed by atoms with E-state index in [2.05, 4.69) is 20.8 Å². The van der Waals surface area contributed by atoms with Crippen LogP contribution in [-0.2, 0) is 5.41 Å². The molecule has 0 aliphatic heterocycles. The Morgan fingerprint density at radius 2 is 1.72 bits per heavy atom. The fourth-order valence-corrected chi connectivity index (χ4v) is 2.06. The maximum atomic E-state index is 10.6. The molecule has 0 heterocycles. The number of benzene rings is 2. The van der Waals surface area contributed by atoms with E-state index in [4.69, 9.17) is 27.5 Å². The monoisotopic (exact) mass is 366 g/mol. The number of carbonyl (C=O) groups is 1. The van der Waals surface area contributed by atoms with Crippen LogP contribution in [0.25, 0.3) is 0 Å². The largest absolute Gasteiger partial charge is 0.506 e. The van der Waals surface area contributed by atoms with Crippen LogP contribution in [0.3, 0.4) is 0 Å². The molecule has 8 heteroatoms. The van der Waals surface area contributed by atoms with Crippen LogP contribution in [0.5, 0.6) is 5.75 Å². The van der Waals surface area contributed by atoms with Gasteiger partial charge in [-0.15, -0.1) is 0 Å². The molecule has 2 aromatic carbocycles. The number of hydrogen-bond donors (Lipinski definition) is 3. The van der Waals surface area contributed by atoms with E-state index in [9.17, 15) is 14.9 Å². The van der Waals surface area contributed by atoms with Gasteiger partial charge in [0, 0.05) is 0 Å². The Bertz CT molecular complexity index is 783. The van der Waals surface area contributed by atoms with Crippen LogP contribution in [0.1, 0.15) is 36.7 Å². The quantitative estimate of drug-likeness (QED) is 0.316. The predicted molar refractivity (Wildman–Crippen MR) is 96.3 cm³/mol. The standard InChI is InChI=1S/C11H14O2.C6H5ClN2O3/c1-11(2,3)9-6-4-8(5-7-9)10(12)13;7-3-1-4(8)6(10)2-5(3)9(11)12/h4-7H,1-3H3,(H,12,13);1-2,10H,8H2. The molecule has 2 aromatic rings. The van der Waals surface area contributed by atoms with Gasteiger partial charge < -0.3 is 15.9 Å². The van der Waals surface area contributed by atoms with Crippen molar-refractivity contribution < 1.29 is 19.9 Å². The molecule has 0 spiro atoms. The summed E-state index contributed by atoms with van der Waals surface area (Å²) in [6, 6.07) is 9.06. The van der Waals surface area contributed by atoms with E-state index in [1.807, 2.05) is 12.1 Å². The Hall–Kier alpha value is -2.80. The highest BCUT2D eigenvalue weighted by Crippen LogP contribution is 2.32. The fourth-order valence-electron chi connectivity index (χ4n) is 1.82. The number of anilines is 1. The number of rotatable bonds is 2. The predicted octanol–water partition coefficient (Wildman–Crippen LogP) is 4.22. The number of carboxylic acid groups (broad SMARTS) is 1. The summed E-state index contributed by atoms with van der Waals surface area (Å²) in [4.78, 5) is 20.1. The van der Waals surface area contributed by atoms with Crippen LogP contribution in [-0.4, -0.2) is 21.1 Å². The SMILES string of the molecule is CC(C)(C)c1ccc(C(=O)O)cc1.Nc1cc(Cl)c([N+](=O)[O-])cc1O. The van der Waals surface area contributed by atoms with E-state index in [0.717, 1.165) is 17.7 Å². The lowest BCUT2D eigenvalue weighted by molar-refractivity contribution is -0.384. The zero-order valence-corrected chi connectivity index (χ0v) is 14.7. The Kier molecular flexibility index (Phi) is 6.36. The Balaban J connectivity index is 0.000000251. The molecule has 0 atom stereocenters.